The van der Waals surface area contributed by atoms with E-state index in [-0.39, 0.29) is 5.56 Å². The first-order chi connectivity index (χ1) is 11.4. The second kappa shape index (κ2) is 6.94. The molecule has 3 heterocycles. The van der Waals surface area contributed by atoms with Crippen molar-refractivity contribution in [2.24, 2.45) is 7.05 Å². The van der Waals surface area contributed by atoms with Crippen molar-refractivity contribution < 1.29 is 0 Å². The first-order valence-electron chi connectivity index (χ1n) is 7.98. The third kappa shape index (κ3) is 3.62. The molecule has 2 aromatic rings. The Morgan fingerprint density at radius 2 is 2.08 bits per heavy atom. The van der Waals surface area contributed by atoms with Gasteiger partial charge in [-0.2, -0.15) is 0 Å². The average Bonchev–Trinajstić information content (AvgIpc) is 2.53. The van der Waals surface area contributed by atoms with Crippen molar-refractivity contribution in [2.75, 3.05) is 36.9 Å². The molecule has 0 aromatic carbocycles. The number of pyridine rings is 2. The quantitative estimate of drug-likeness (QED) is 0.870. The summed E-state index contributed by atoms with van der Waals surface area (Å²) in [6, 6.07) is 6.20. The predicted molar refractivity (Wildman–Crippen MR) is 101 cm³/mol. The molecule has 1 aliphatic heterocycles. The Hall–Kier alpha value is -1.86. The molecule has 1 fully saturated rings. The largest absolute Gasteiger partial charge is 0.365 e. The molecule has 0 bridgehead atoms. The molecule has 0 aliphatic carbocycles. The van der Waals surface area contributed by atoms with E-state index in [1.165, 1.54) is 4.57 Å². The van der Waals surface area contributed by atoms with Crippen LogP contribution in [0.4, 0.5) is 17.2 Å². The molecule has 24 heavy (non-hydrogen) atoms. The van der Waals surface area contributed by atoms with Crippen molar-refractivity contribution in [3.05, 3.63) is 45.4 Å². The number of likely N-dealkylation sites (N-methyl/N-ethyl adjacent to an activating group) is 1. The summed E-state index contributed by atoms with van der Waals surface area (Å²) in [5.74, 6) is 0.663. The molecule has 0 unspecified atom stereocenters. The summed E-state index contributed by atoms with van der Waals surface area (Å²) < 4.78 is 2.38. The highest BCUT2D eigenvalue weighted by Gasteiger charge is 2.21. The van der Waals surface area contributed by atoms with Gasteiger partial charge in [0.05, 0.1) is 11.9 Å². The van der Waals surface area contributed by atoms with E-state index in [1.54, 1.807) is 19.3 Å². The Morgan fingerprint density at radius 1 is 1.29 bits per heavy atom. The third-order valence-corrected chi connectivity index (χ3v) is 4.76. The van der Waals surface area contributed by atoms with E-state index in [4.69, 9.17) is 0 Å². The standard InChI is InChI=1S/C17H22BrN5O/c1-12-10-21(2)6-7-23(12)14-4-5-16(19-9-14)20-15-8-13(18)11-22(3)17(15)24/h4-5,8-9,11-12H,6-7,10H2,1-3H3,(H,19,20)/t12-/m0/s1. The number of aryl methyl sites for hydroxylation is 1. The van der Waals surface area contributed by atoms with Crippen LogP contribution in [0.15, 0.2) is 39.9 Å². The summed E-state index contributed by atoms with van der Waals surface area (Å²) in [7, 11) is 3.88. The van der Waals surface area contributed by atoms with E-state index in [2.05, 4.69) is 56.1 Å². The third-order valence-electron chi connectivity index (χ3n) is 4.32. The Morgan fingerprint density at radius 3 is 2.75 bits per heavy atom. The second-order valence-corrected chi connectivity index (χ2v) is 7.24. The van der Waals surface area contributed by atoms with Gasteiger partial charge in [0, 0.05) is 43.4 Å². The summed E-state index contributed by atoms with van der Waals surface area (Å²) in [4.78, 5) is 21.3. The van der Waals surface area contributed by atoms with Gasteiger partial charge in [-0.05, 0) is 48.1 Å². The lowest BCUT2D eigenvalue weighted by Gasteiger charge is -2.39. The van der Waals surface area contributed by atoms with Crippen LogP contribution < -0.4 is 15.8 Å². The highest BCUT2D eigenvalue weighted by atomic mass is 79.9. The number of aromatic nitrogens is 2. The van der Waals surface area contributed by atoms with Crippen molar-refractivity contribution in [3.8, 4) is 0 Å². The van der Waals surface area contributed by atoms with Gasteiger partial charge < -0.3 is 19.7 Å². The smallest absolute Gasteiger partial charge is 0.274 e. The van der Waals surface area contributed by atoms with Gasteiger partial charge in [0.25, 0.3) is 5.56 Å². The van der Waals surface area contributed by atoms with Crippen LogP contribution in [-0.2, 0) is 7.05 Å². The maximum atomic E-state index is 12.2. The number of anilines is 3. The normalized spacial score (nSPS) is 18.7. The van der Waals surface area contributed by atoms with Gasteiger partial charge in [0.1, 0.15) is 11.5 Å². The minimum Gasteiger partial charge on any atom is -0.365 e. The van der Waals surface area contributed by atoms with Crippen LogP contribution in [0.3, 0.4) is 0 Å². The number of piperazine rings is 1. The fraction of sp³-hybridized carbons (Fsp3) is 0.412. The summed E-state index contributed by atoms with van der Waals surface area (Å²) in [6.07, 6.45) is 3.60. The number of rotatable bonds is 3. The van der Waals surface area contributed by atoms with Gasteiger partial charge >= 0.3 is 0 Å². The summed E-state index contributed by atoms with van der Waals surface area (Å²) in [6.45, 7) is 5.33. The van der Waals surface area contributed by atoms with Crippen LogP contribution in [0.25, 0.3) is 0 Å². The van der Waals surface area contributed by atoms with Gasteiger partial charge in [-0.25, -0.2) is 4.98 Å². The van der Waals surface area contributed by atoms with Gasteiger partial charge in [-0.15, -0.1) is 0 Å². The molecule has 1 N–H and O–H groups in total. The van der Waals surface area contributed by atoms with Crippen LogP contribution in [0.1, 0.15) is 6.92 Å². The minimum atomic E-state index is -0.0863. The zero-order chi connectivity index (χ0) is 17.3. The fourth-order valence-corrected chi connectivity index (χ4v) is 3.59. The van der Waals surface area contributed by atoms with E-state index in [1.807, 2.05) is 12.3 Å². The van der Waals surface area contributed by atoms with Gasteiger partial charge in [0.15, 0.2) is 0 Å². The van der Waals surface area contributed by atoms with Crippen LogP contribution in [0, 0.1) is 0 Å². The highest BCUT2D eigenvalue weighted by molar-refractivity contribution is 9.10. The van der Waals surface area contributed by atoms with E-state index < -0.39 is 0 Å². The fourth-order valence-electron chi connectivity index (χ4n) is 3.05. The average molecular weight is 392 g/mol. The molecule has 1 aliphatic rings. The second-order valence-electron chi connectivity index (χ2n) is 6.32. The maximum Gasteiger partial charge on any atom is 0.274 e. The van der Waals surface area contributed by atoms with Crippen molar-refractivity contribution in [3.63, 3.8) is 0 Å². The zero-order valence-corrected chi connectivity index (χ0v) is 15.7. The topological polar surface area (TPSA) is 53.4 Å². The molecule has 7 heteroatoms. The molecule has 1 saturated heterocycles. The number of nitrogens with one attached hydrogen (secondary N) is 1. The molecule has 2 aromatic heterocycles. The first-order valence-corrected chi connectivity index (χ1v) is 8.78. The van der Waals surface area contributed by atoms with Crippen molar-refractivity contribution in [1.82, 2.24) is 14.5 Å². The van der Waals surface area contributed by atoms with Crippen molar-refractivity contribution in [1.29, 1.82) is 0 Å². The molecule has 0 radical (unpaired) electrons. The Bertz CT molecular complexity index is 774. The van der Waals surface area contributed by atoms with Crippen molar-refractivity contribution >= 4 is 33.1 Å². The van der Waals surface area contributed by atoms with Crippen molar-refractivity contribution in [2.45, 2.75) is 13.0 Å². The van der Waals surface area contributed by atoms with Gasteiger partial charge in [-0.1, -0.05) is 0 Å². The number of hydrogen-bond acceptors (Lipinski definition) is 5. The molecule has 0 amide bonds. The highest BCUT2D eigenvalue weighted by Crippen LogP contribution is 2.22. The molecule has 6 nitrogen and oxygen atoms in total. The van der Waals surface area contributed by atoms with Crippen LogP contribution >= 0.6 is 15.9 Å². The summed E-state index contributed by atoms with van der Waals surface area (Å²) in [5.41, 5.74) is 1.53. The molecule has 1 atom stereocenters. The van der Waals surface area contributed by atoms with Crippen LogP contribution in [-0.4, -0.2) is 47.2 Å². The summed E-state index contributed by atoms with van der Waals surface area (Å²) in [5, 5.41) is 3.10. The lowest BCUT2D eigenvalue weighted by molar-refractivity contribution is 0.275. The number of nitrogens with zero attached hydrogens (tertiary/aromatic N) is 4. The lowest BCUT2D eigenvalue weighted by atomic mass is 10.2. The molecule has 128 valence electrons. The van der Waals surface area contributed by atoms with Gasteiger partial charge in [-0.3, -0.25) is 4.79 Å². The Labute approximate surface area is 150 Å². The van der Waals surface area contributed by atoms with E-state index >= 15 is 0 Å². The monoisotopic (exact) mass is 391 g/mol. The minimum absolute atomic E-state index is 0.0863. The van der Waals surface area contributed by atoms with E-state index in [0.29, 0.717) is 17.5 Å². The Kier molecular flexibility index (Phi) is 4.91. The molecule has 3 rings (SSSR count). The summed E-state index contributed by atoms with van der Waals surface area (Å²) >= 11 is 3.40. The molecule has 0 spiro atoms. The SMILES string of the molecule is C[C@H]1CN(C)CCN1c1ccc(Nc2cc(Br)cn(C)c2=O)nc1. The molecular weight excluding hydrogens is 370 g/mol. The Balaban J connectivity index is 1.77. The van der Waals surface area contributed by atoms with Crippen LogP contribution in [0.5, 0.6) is 0 Å². The first kappa shape index (κ1) is 17.0. The van der Waals surface area contributed by atoms with E-state index in [9.17, 15) is 4.79 Å². The zero-order valence-electron chi connectivity index (χ0n) is 14.2. The predicted octanol–water partition coefficient (Wildman–Crippen LogP) is 2.43. The van der Waals surface area contributed by atoms with Gasteiger partial charge in [0.2, 0.25) is 0 Å². The number of hydrogen-bond donors (Lipinski definition) is 1. The molecular formula is C17H22BrN5O. The lowest BCUT2D eigenvalue weighted by Crippen LogP contribution is -2.50. The van der Waals surface area contributed by atoms with E-state index in [0.717, 1.165) is 29.8 Å². The number of halogens is 1. The maximum absolute atomic E-state index is 12.2. The van der Waals surface area contributed by atoms with Crippen LogP contribution in [0.2, 0.25) is 0 Å². The molecule has 0 saturated carbocycles.